The van der Waals surface area contributed by atoms with E-state index in [4.69, 9.17) is 9.97 Å². The van der Waals surface area contributed by atoms with Gasteiger partial charge in [-0.1, -0.05) is 108 Å². The fourth-order valence-corrected chi connectivity index (χ4v) is 8.45. The largest absolute Gasteiger partial charge is 0.279 e. The number of benzene rings is 4. The van der Waals surface area contributed by atoms with Gasteiger partial charge in [0, 0.05) is 0 Å². The average molecular weight is 587 g/mol. The predicted molar refractivity (Wildman–Crippen MR) is 169 cm³/mol. The van der Waals surface area contributed by atoms with E-state index in [1.165, 1.54) is 0 Å². The van der Waals surface area contributed by atoms with Crippen molar-refractivity contribution < 1.29 is 9.59 Å². The molecule has 0 radical (unpaired) electrons. The van der Waals surface area contributed by atoms with Gasteiger partial charge in [-0.15, -0.1) is 0 Å². The zero-order valence-corrected chi connectivity index (χ0v) is 24.2. The minimum absolute atomic E-state index is 0.0778. The summed E-state index contributed by atoms with van der Waals surface area (Å²) in [5.74, 6) is -0.261. The van der Waals surface area contributed by atoms with Crippen LogP contribution in [0.3, 0.4) is 0 Å². The van der Waals surface area contributed by atoms with Crippen molar-refractivity contribution in [2.24, 2.45) is 11.8 Å². The smallest absolute Gasteiger partial charge is 0.234 e. The molecule has 0 N–H and O–H groups in total. The molecule has 8 heteroatoms. The van der Waals surface area contributed by atoms with Gasteiger partial charge in [-0.2, -0.15) is 0 Å². The number of carbonyl (C=O) groups is 2. The predicted octanol–water partition coefficient (Wildman–Crippen LogP) is 7.79. The quantitative estimate of drug-likeness (QED) is 0.179. The first-order valence-corrected chi connectivity index (χ1v) is 15.8. The van der Waals surface area contributed by atoms with Crippen LogP contribution in [-0.4, -0.2) is 21.8 Å². The SMILES string of the molecule is O=C1C(CCC2C(=O)N(c3nc4ccccc4s3)C2c2ccccc2)C(c2ccccc2)N1c1nc2ccccc2s1. The highest BCUT2D eigenvalue weighted by Gasteiger charge is 2.53. The van der Waals surface area contributed by atoms with Crippen LogP contribution in [-0.2, 0) is 9.59 Å². The van der Waals surface area contributed by atoms with Crippen LogP contribution in [0, 0.1) is 11.8 Å². The lowest BCUT2D eigenvalue weighted by molar-refractivity contribution is -0.134. The van der Waals surface area contributed by atoms with Crippen LogP contribution in [0.2, 0.25) is 0 Å². The van der Waals surface area contributed by atoms with Crippen LogP contribution in [0.1, 0.15) is 36.1 Å². The number of amides is 2. The van der Waals surface area contributed by atoms with E-state index in [9.17, 15) is 9.59 Å². The Morgan fingerprint density at radius 2 is 0.905 bits per heavy atom. The van der Waals surface area contributed by atoms with Gasteiger partial charge < -0.3 is 0 Å². The van der Waals surface area contributed by atoms with Crippen molar-refractivity contribution in [3.8, 4) is 0 Å². The summed E-state index contributed by atoms with van der Waals surface area (Å²) in [4.78, 5) is 40.8. The summed E-state index contributed by atoms with van der Waals surface area (Å²) in [6.07, 6.45) is 1.26. The molecule has 42 heavy (non-hydrogen) atoms. The number of carbonyl (C=O) groups excluding carboxylic acids is 2. The summed E-state index contributed by atoms with van der Waals surface area (Å²) in [5, 5.41) is 1.46. The normalized spacial score (nSPS) is 22.0. The number of hydrogen-bond donors (Lipinski definition) is 0. The topological polar surface area (TPSA) is 66.4 Å². The minimum Gasteiger partial charge on any atom is -0.279 e. The standard InChI is InChI=1S/C34H26N4O2S2/c39-31-23(29(21-11-3-1-4-12-21)37(31)33-35-25-15-7-9-17-27(25)41-33)19-20-24-30(22-13-5-2-6-14-22)38(32(24)40)34-36-26-16-8-10-18-28(26)42-34/h1-18,23-24,29-30H,19-20H2. The fraction of sp³-hybridized carbons (Fsp3) is 0.176. The van der Waals surface area contributed by atoms with Crippen molar-refractivity contribution >= 4 is 65.2 Å². The highest BCUT2D eigenvalue weighted by molar-refractivity contribution is 7.22. The molecule has 0 spiro atoms. The Kier molecular flexibility index (Phi) is 6.12. The molecule has 4 aromatic carbocycles. The van der Waals surface area contributed by atoms with Gasteiger partial charge in [0.05, 0.1) is 44.4 Å². The highest BCUT2D eigenvalue weighted by atomic mass is 32.1. The summed E-state index contributed by atoms with van der Waals surface area (Å²) < 4.78 is 2.13. The van der Waals surface area contributed by atoms with Crippen LogP contribution in [0.25, 0.3) is 20.4 Å². The van der Waals surface area contributed by atoms with E-state index in [0.717, 1.165) is 41.8 Å². The van der Waals surface area contributed by atoms with E-state index in [2.05, 4.69) is 24.3 Å². The molecule has 4 heterocycles. The average Bonchev–Trinajstić information content (AvgIpc) is 3.65. The summed E-state index contributed by atoms with van der Waals surface area (Å²) >= 11 is 3.10. The van der Waals surface area contributed by atoms with Gasteiger partial charge in [0.1, 0.15) is 0 Å². The monoisotopic (exact) mass is 586 g/mol. The first-order valence-electron chi connectivity index (χ1n) is 14.1. The maximum atomic E-state index is 13.7. The van der Waals surface area contributed by atoms with E-state index in [1.807, 2.05) is 94.7 Å². The van der Waals surface area contributed by atoms with Gasteiger partial charge in [-0.3, -0.25) is 19.4 Å². The van der Waals surface area contributed by atoms with E-state index in [1.54, 1.807) is 22.7 Å². The number of para-hydroxylation sites is 2. The lowest BCUT2D eigenvalue weighted by Crippen LogP contribution is -2.57. The molecule has 0 bridgehead atoms. The maximum Gasteiger partial charge on any atom is 0.234 e. The Balaban J connectivity index is 1.08. The van der Waals surface area contributed by atoms with Crippen molar-refractivity contribution in [1.82, 2.24) is 9.97 Å². The molecular formula is C34H26N4O2S2. The molecule has 6 nitrogen and oxygen atoms in total. The zero-order chi connectivity index (χ0) is 28.2. The molecule has 2 fully saturated rings. The van der Waals surface area contributed by atoms with Gasteiger partial charge in [-0.25, -0.2) is 9.97 Å². The molecule has 6 aromatic rings. The second-order valence-corrected chi connectivity index (χ2v) is 12.9. The van der Waals surface area contributed by atoms with Crippen LogP contribution in [0.5, 0.6) is 0 Å². The molecular weight excluding hydrogens is 561 g/mol. The number of anilines is 2. The van der Waals surface area contributed by atoms with Crippen LogP contribution < -0.4 is 9.80 Å². The molecule has 2 aromatic heterocycles. The summed E-state index contributed by atoms with van der Waals surface area (Å²) in [5.41, 5.74) is 4.00. The summed E-state index contributed by atoms with van der Waals surface area (Å²) in [7, 11) is 0. The van der Waals surface area contributed by atoms with Crippen molar-refractivity contribution in [2.45, 2.75) is 24.9 Å². The molecule has 0 saturated carbocycles. The second kappa shape index (κ2) is 10.2. The third-order valence-electron chi connectivity index (χ3n) is 8.48. The number of thiazole rings is 2. The Hall–Kier alpha value is -4.40. The number of fused-ring (bicyclic) bond motifs is 2. The fourth-order valence-electron chi connectivity index (χ4n) is 6.43. The third-order valence-corrected chi connectivity index (χ3v) is 10.5. The van der Waals surface area contributed by atoms with Crippen molar-refractivity contribution in [2.75, 3.05) is 9.80 Å². The van der Waals surface area contributed by atoms with E-state index in [-0.39, 0.29) is 35.7 Å². The van der Waals surface area contributed by atoms with Crippen LogP contribution in [0.15, 0.2) is 109 Å². The molecule has 206 valence electrons. The van der Waals surface area contributed by atoms with Crippen LogP contribution >= 0.6 is 22.7 Å². The lowest BCUT2D eigenvalue weighted by atomic mass is 9.74. The number of nitrogens with zero attached hydrogens (tertiary/aromatic N) is 4. The highest BCUT2D eigenvalue weighted by Crippen LogP contribution is 2.51. The van der Waals surface area contributed by atoms with Gasteiger partial charge in [-0.05, 0) is 48.2 Å². The molecule has 0 aliphatic carbocycles. The Morgan fingerprint density at radius 3 is 1.31 bits per heavy atom. The molecule has 2 aliphatic heterocycles. The Labute approximate surface area is 250 Å². The second-order valence-electron chi connectivity index (χ2n) is 10.8. The van der Waals surface area contributed by atoms with Gasteiger partial charge in [0.2, 0.25) is 11.8 Å². The van der Waals surface area contributed by atoms with Gasteiger partial charge >= 0.3 is 0 Å². The summed E-state index contributed by atoms with van der Waals surface area (Å²) in [6.45, 7) is 0. The molecule has 2 amide bonds. The Morgan fingerprint density at radius 1 is 0.524 bits per heavy atom. The van der Waals surface area contributed by atoms with Gasteiger partial charge in [0.25, 0.3) is 0 Å². The number of β-lactam (4-membered cyclic amide) rings is 2. The molecule has 4 unspecified atom stereocenters. The first-order chi connectivity index (χ1) is 20.7. The van der Waals surface area contributed by atoms with Crippen molar-refractivity contribution in [1.29, 1.82) is 0 Å². The molecule has 2 saturated heterocycles. The van der Waals surface area contributed by atoms with Gasteiger partial charge in [0.15, 0.2) is 10.3 Å². The zero-order valence-electron chi connectivity index (χ0n) is 22.5. The van der Waals surface area contributed by atoms with Crippen molar-refractivity contribution in [3.63, 3.8) is 0 Å². The van der Waals surface area contributed by atoms with E-state index >= 15 is 0 Å². The Bertz CT molecular complexity index is 1730. The number of aromatic nitrogens is 2. The first kappa shape index (κ1) is 25.3. The van der Waals surface area contributed by atoms with Crippen molar-refractivity contribution in [3.05, 3.63) is 120 Å². The van der Waals surface area contributed by atoms with Crippen LogP contribution in [0.4, 0.5) is 10.3 Å². The molecule has 8 rings (SSSR count). The lowest BCUT2D eigenvalue weighted by Gasteiger charge is -2.49. The number of hydrogen-bond acceptors (Lipinski definition) is 6. The van der Waals surface area contributed by atoms with E-state index in [0.29, 0.717) is 12.8 Å². The number of rotatable bonds is 7. The third kappa shape index (κ3) is 4.05. The summed E-state index contributed by atoms with van der Waals surface area (Å²) in [6, 6.07) is 36.2. The molecule has 2 aliphatic rings. The minimum atomic E-state index is -0.208. The van der Waals surface area contributed by atoms with E-state index < -0.39 is 0 Å². The molecule has 4 atom stereocenters. The maximum absolute atomic E-state index is 13.7.